The lowest BCUT2D eigenvalue weighted by molar-refractivity contribution is -0.135. The summed E-state index contributed by atoms with van der Waals surface area (Å²) in [5.74, 6) is -0.125. The summed E-state index contributed by atoms with van der Waals surface area (Å²) in [6.45, 7) is 6.56. The van der Waals surface area contributed by atoms with Crippen LogP contribution in [0.15, 0.2) is 47.7 Å². The molecule has 3 atom stereocenters. The maximum atomic E-state index is 14.3. The van der Waals surface area contributed by atoms with Crippen LogP contribution in [0.1, 0.15) is 85.1 Å². The summed E-state index contributed by atoms with van der Waals surface area (Å²) in [6.07, 6.45) is 6.93. The highest BCUT2D eigenvalue weighted by Crippen LogP contribution is 2.36. The van der Waals surface area contributed by atoms with Crippen LogP contribution in [0.4, 0.5) is 20.3 Å². The SMILES string of the molecule is Cn1c(=O)n(C2CCC(=O)NC2=O)c2cccc(CN3CCN(CC4CCC(n5cc(NC(=O)c6cnn7ccc(N8CC9C[C@@H]8CO9)nc67)c(C(F)F)n5)CC4)CC3)c21. The summed E-state index contributed by atoms with van der Waals surface area (Å²) in [5, 5.41) is 13.6. The number of carbonyl (C=O) groups excluding carboxylic acids is 3. The van der Waals surface area contributed by atoms with Gasteiger partial charge in [-0.3, -0.25) is 38.4 Å². The molecule has 10 rings (SSSR count). The van der Waals surface area contributed by atoms with Crippen molar-refractivity contribution in [1.29, 1.82) is 0 Å². The van der Waals surface area contributed by atoms with Crippen molar-refractivity contribution in [3.63, 3.8) is 0 Å². The highest BCUT2D eigenvalue weighted by atomic mass is 19.3. The van der Waals surface area contributed by atoms with Crippen LogP contribution in [-0.4, -0.2) is 119 Å². The van der Waals surface area contributed by atoms with Crippen molar-refractivity contribution in [2.24, 2.45) is 13.0 Å². The second-order valence-electron chi connectivity index (χ2n) is 17.0. The number of amides is 3. The fourth-order valence-electron chi connectivity index (χ4n) is 10.1. The molecule has 3 amide bonds. The van der Waals surface area contributed by atoms with Crippen molar-refractivity contribution >= 4 is 45.9 Å². The average molecular weight is 827 g/mol. The van der Waals surface area contributed by atoms with Crippen LogP contribution in [-0.2, 0) is 27.9 Å². The molecule has 1 aromatic carbocycles. The number of benzene rings is 1. The Morgan fingerprint density at radius 2 is 1.82 bits per heavy atom. The number of piperazine rings is 1. The van der Waals surface area contributed by atoms with E-state index in [1.54, 1.807) is 22.5 Å². The molecule has 5 fully saturated rings. The summed E-state index contributed by atoms with van der Waals surface area (Å²) in [4.78, 5) is 63.2. The van der Waals surface area contributed by atoms with Gasteiger partial charge in [0.05, 0.1) is 47.7 Å². The van der Waals surface area contributed by atoms with Crippen molar-refractivity contribution < 1.29 is 27.9 Å². The number of para-hydroxylation sites is 1. The van der Waals surface area contributed by atoms with Gasteiger partial charge in [-0.1, -0.05) is 12.1 Å². The third kappa shape index (κ3) is 7.04. The number of hydrogen-bond acceptors (Lipinski definition) is 11. The maximum Gasteiger partial charge on any atom is 0.329 e. The fourth-order valence-corrected chi connectivity index (χ4v) is 10.1. The summed E-state index contributed by atoms with van der Waals surface area (Å²) >= 11 is 0. The number of carbonyl (C=O) groups is 3. The van der Waals surface area contributed by atoms with Crippen LogP contribution in [0.25, 0.3) is 16.7 Å². The average Bonchev–Trinajstić information content (AvgIpc) is 4.09. The Labute approximate surface area is 343 Å². The lowest BCUT2D eigenvalue weighted by atomic mass is 9.85. The van der Waals surface area contributed by atoms with E-state index in [1.807, 2.05) is 24.3 Å². The molecule has 2 N–H and O–H groups in total. The van der Waals surface area contributed by atoms with Crippen molar-refractivity contribution in [1.82, 2.24) is 48.6 Å². The number of anilines is 2. The van der Waals surface area contributed by atoms with E-state index in [0.717, 1.165) is 88.3 Å². The summed E-state index contributed by atoms with van der Waals surface area (Å²) in [5.41, 5.74) is 2.33. The Hall–Kier alpha value is -5.53. The number of fused-ring (bicyclic) bond motifs is 4. The number of halogens is 2. The van der Waals surface area contributed by atoms with Gasteiger partial charge in [0, 0.05) is 71.7 Å². The van der Waals surface area contributed by atoms with Crippen LogP contribution in [0.3, 0.4) is 0 Å². The van der Waals surface area contributed by atoms with Crippen LogP contribution in [0.2, 0.25) is 0 Å². The van der Waals surface area contributed by atoms with Gasteiger partial charge >= 0.3 is 5.69 Å². The zero-order valence-corrected chi connectivity index (χ0v) is 33.4. The molecule has 2 unspecified atom stereocenters. The van der Waals surface area contributed by atoms with Crippen LogP contribution in [0.5, 0.6) is 0 Å². The number of alkyl halides is 2. The third-order valence-corrected chi connectivity index (χ3v) is 13.3. The van der Waals surface area contributed by atoms with Gasteiger partial charge in [0.15, 0.2) is 11.3 Å². The number of aromatic nitrogens is 7. The highest BCUT2D eigenvalue weighted by molar-refractivity contribution is 6.08. The minimum Gasteiger partial charge on any atom is -0.374 e. The topological polar surface area (TPSA) is 169 Å². The molecule has 2 bridgehead atoms. The predicted molar refractivity (Wildman–Crippen MR) is 215 cm³/mol. The van der Waals surface area contributed by atoms with Gasteiger partial charge in [-0.25, -0.2) is 23.1 Å². The van der Waals surface area contributed by atoms with E-state index in [0.29, 0.717) is 36.7 Å². The van der Waals surface area contributed by atoms with Crippen LogP contribution >= 0.6 is 0 Å². The molecule has 19 heteroatoms. The molecule has 1 saturated carbocycles. The molecular weight excluding hydrogens is 779 g/mol. The molecule has 5 aliphatic rings. The number of rotatable bonds is 10. The molecule has 4 aliphatic heterocycles. The van der Waals surface area contributed by atoms with Gasteiger partial charge in [0.1, 0.15) is 17.4 Å². The van der Waals surface area contributed by atoms with E-state index in [1.165, 1.54) is 21.5 Å². The molecule has 17 nitrogen and oxygen atoms in total. The second-order valence-corrected chi connectivity index (χ2v) is 17.0. The van der Waals surface area contributed by atoms with Gasteiger partial charge in [0.2, 0.25) is 11.8 Å². The minimum absolute atomic E-state index is 0.00940. The largest absolute Gasteiger partial charge is 0.374 e. The quantitative estimate of drug-likeness (QED) is 0.198. The lowest BCUT2D eigenvalue weighted by Crippen LogP contribution is -2.47. The van der Waals surface area contributed by atoms with Crippen molar-refractivity contribution in [3.8, 4) is 0 Å². The lowest BCUT2D eigenvalue weighted by Gasteiger charge is -2.38. The molecule has 0 radical (unpaired) electrons. The van der Waals surface area contributed by atoms with Gasteiger partial charge in [0.25, 0.3) is 12.3 Å². The normalized spacial score (nSPS) is 25.3. The Morgan fingerprint density at radius 1 is 1.02 bits per heavy atom. The number of nitrogens with one attached hydrogen (secondary N) is 2. The second kappa shape index (κ2) is 15.5. The number of ether oxygens (including phenoxy) is 1. The van der Waals surface area contributed by atoms with E-state index in [2.05, 4.69) is 35.5 Å². The van der Waals surface area contributed by atoms with Gasteiger partial charge in [-0.15, -0.1) is 0 Å². The first-order valence-electron chi connectivity index (χ1n) is 21.0. The predicted octanol–water partition coefficient (Wildman–Crippen LogP) is 3.27. The number of aryl methyl sites for hydroxylation is 1. The number of hydrogen-bond donors (Lipinski definition) is 2. The van der Waals surface area contributed by atoms with E-state index in [-0.39, 0.29) is 47.5 Å². The summed E-state index contributed by atoms with van der Waals surface area (Å²) < 4.78 is 40.6. The third-order valence-electron chi connectivity index (χ3n) is 13.3. The van der Waals surface area contributed by atoms with Crippen LogP contribution in [0, 0.1) is 5.92 Å². The first-order valence-corrected chi connectivity index (χ1v) is 21.0. The first-order chi connectivity index (χ1) is 29.1. The molecule has 60 heavy (non-hydrogen) atoms. The molecular formula is C41H48F2N12O5. The number of piperidine rings is 1. The molecule has 1 aliphatic carbocycles. The van der Waals surface area contributed by atoms with Crippen molar-refractivity contribution in [2.75, 3.05) is 56.1 Å². The fraction of sp³-hybridized carbons (Fsp3) is 0.537. The Bertz CT molecular complexity index is 2530. The minimum atomic E-state index is -2.86. The number of morpholine rings is 1. The number of imidazole rings is 1. The number of imide groups is 1. The standard InChI is InChI=1S/C41H48F2N12O5/c1-49-36-25(3-2-4-31(36)55(41(49)59)32-9-10-34(56)47-40(32)58)20-51-15-13-50(14-16-51)19-24-5-7-26(8-6-24)54-22-30(35(48-54)37(42)43)45-39(57)29-18-44-53-12-11-33(46-38(29)53)52-21-28-17-27(52)23-60-28/h2-4,11-12,18,22,24,26-28,32,37H,5-10,13-17,19-21,23H2,1H3,(H,45,57)(H,47,56,58)/t24?,26?,27-,28?,32?/m1/s1. The molecule has 4 aromatic heterocycles. The summed E-state index contributed by atoms with van der Waals surface area (Å²) in [7, 11) is 1.73. The Balaban J connectivity index is 0.738. The van der Waals surface area contributed by atoms with Crippen LogP contribution < -0.4 is 21.2 Å². The van der Waals surface area contributed by atoms with E-state index >= 15 is 0 Å². The smallest absolute Gasteiger partial charge is 0.329 e. The molecule has 4 saturated heterocycles. The van der Waals surface area contributed by atoms with E-state index in [4.69, 9.17) is 9.72 Å². The van der Waals surface area contributed by atoms with Gasteiger partial charge in [-0.05, 0) is 62.1 Å². The maximum absolute atomic E-state index is 14.3. The zero-order chi connectivity index (χ0) is 41.2. The van der Waals surface area contributed by atoms with Crippen molar-refractivity contribution in [2.45, 2.75) is 82.1 Å². The highest BCUT2D eigenvalue weighted by Gasteiger charge is 2.40. The molecule has 8 heterocycles. The monoisotopic (exact) mass is 826 g/mol. The van der Waals surface area contributed by atoms with E-state index in [9.17, 15) is 28.0 Å². The molecule has 316 valence electrons. The summed E-state index contributed by atoms with van der Waals surface area (Å²) in [6, 6.07) is 7.15. The number of nitrogens with zero attached hydrogens (tertiary/aromatic N) is 10. The Kier molecular flexibility index (Phi) is 9.98. The van der Waals surface area contributed by atoms with Crippen molar-refractivity contribution in [3.05, 3.63) is 70.2 Å². The van der Waals surface area contributed by atoms with E-state index < -0.39 is 30.0 Å². The molecule has 0 spiro atoms. The van der Waals surface area contributed by atoms with Gasteiger partial charge in [-0.2, -0.15) is 10.2 Å². The zero-order valence-electron chi connectivity index (χ0n) is 33.4. The molecule has 5 aromatic rings. The van der Waals surface area contributed by atoms with Gasteiger partial charge < -0.3 is 19.9 Å². The first kappa shape index (κ1) is 38.7. The Morgan fingerprint density at radius 3 is 2.55 bits per heavy atom.